The molecule has 1 unspecified atom stereocenters. The third kappa shape index (κ3) is 3.20. The summed E-state index contributed by atoms with van der Waals surface area (Å²) < 4.78 is 16.1. The molecule has 0 aliphatic carbocycles. The van der Waals surface area contributed by atoms with Gasteiger partial charge in [0.2, 0.25) is 0 Å². The standard InChI is InChI=1S/C20H25NO3/c1-14-18-12-20(24-4)19(23-3)11-16(18)9-10-21(14)13-15-5-7-17(22-2)8-6-15/h5-8,11-12,14H,9-10,13H2,1-4H3. The van der Waals surface area contributed by atoms with E-state index in [2.05, 4.69) is 36.1 Å². The Labute approximate surface area is 144 Å². The summed E-state index contributed by atoms with van der Waals surface area (Å²) in [6.45, 7) is 4.22. The summed E-state index contributed by atoms with van der Waals surface area (Å²) >= 11 is 0. The fourth-order valence-electron chi connectivity index (χ4n) is 3.38. The lowest BCUT2D eigenvalue weighted by molar-refractivity contribution is 0.188. The summed E-state index contributed by atoms with van der Waals surface area (Å²) in [6.07, 6.45) is 1.02. The Morgan fingerprint density at radius 3 is 2.25 bits per heavy atom. The van der Waals surface area contributed by atoms with Gasteiger partial charge in [0.25, 0.3) is 0 Å². The maximum atomic E-state index is 5.47. The highest BCUT2D eigenvalue weighted by molar-refractivity contribution is 5.49. The molecule has 0 fully saturated rings. The van der Waals surface area contributed by atoms with E-state index in [0.29, 0.717) is 6.04 Å². The second-order valence-corrected chi connectivity index (χ2v) is 6.15. The maximum Gasteiger partial charge on any atom is 0.161 e. The van der Waals surface area contributed by atoms with Crippen LogP contribution in [-0.2, 0) is 13.0 Å². The van der Waals surface area contributed by atoms with Crippen LogP contribution in [0.2, 0.25) is 0 Å². The molecule has 0 aromatic heterocycles. The highest BCUT2D eigenvalue weighted by atomic mass is 16.5. The molecule has 0 spiro atoms. The van der Waals surface area contributed by atoms with Crippen molar-refractivity contribution in [1.29, 1.82) is 0 Å². The van der Waals surface area contributed by atoms with Gasteiger partial charge in [0.1, 0.15) is 5.75 Å². The van der Waals surface area contributed by atoms with Gasteiger partial charge >= 0.3 is 0 Å². The smallest absolute Gasteiger partial charge is 0.161 e. The van der Waals surface area contributed by atoms with Crippen LogP contribution in [0.1, 0.15) is 29.7 Å². The predicted molar refractivity (Wildman–Crippen MR) is 95.1 cm³/mol. The first-order valence-corrected chi connectivity index (χ1v) is 8.28. The Morgan fingerprint density at radius 2 is 1.62 bits per heavy atom. The van der Waals surface area contributed by atoms with Crippen molar-refractivity contribution in [3.8, 4) is 17.2 Å². The Kier molecular flexibility index (Phi) is 4.95. The summed E-state index contributed by atoms with van der Waals surface area (Å²) in [4.78, 5) is 2.50. The maximum absolute atomic E-state index is 5.47. The molecule has 0 radical (unpaired) electrons. The normalized spacial score (nSPS) is 17.2. The number of ether oxygens (including phenoxy) is 3. The fraction of sp³-hybridized carbons (Fsp3) is 0.400. The van der Waals surface area contributed by atoms with E-state index in [9.17, 15) is 0 Å². The number of benzene rings is 2. The van der Waals surface area contributed by atoms with Crippen LogP contribution in [0.25, 0.3) is 0 Å². The third-order valence-corrected chi connectivity index (χ3v) is 4.86. The Hall–Kier alpha value is -2.20. The van der Waals surface area contributed by atoms with Crippen molar-refractivity contribution in [3.63, 3.8) is 0 Å². The zero-order valence-corrected chi connectivity index (χ0v) is 14.8. The predicted octanol–water partition coefficient (Wildman–Crippen LogP) is 3.83. The van der Waals surface area contributed by atoms with Crippen molar-refractivity contribution < 1.29 is 14.2 Å². The first-order valence-electron chi connectivity index (χ1n) is 8.28. The van der Waals surface area contributed by atoms with Gasteiger partial charge in [-0.15, -0.1) is 0 Å². The van der Waals surface area contributed by atoms with E-state index < -0.39 is 0 Å². The van der Waals surface area contributed by atoms with E-state index >= 15 is 0 Å². The molecule has 2 aromatic carbocycles. The van der Waals surface area contributed by atoms with Crippen molar-refractivity contribution >= 4 is 0 Å². The topological polar surface area (TPSA) is 30.9 Å². The first kappa shape index (κ1) is 16.7. The monoisotopic (exact) mass is 327 g/mol. The third-order valence-electron chi connectivity index (χ3n) is 4.86. The highest BCUT2D eigenvalue weighted by Gasteiger charge is 2.25. The van der Waals surface area contributed by atoms with E-state index in [4.69, 9.17) is 14.2 Å². The zero-order valence-electron chi connectivity index (χ0n) is 14.8. The molecule has 1 aliphatic rings. The number of nitrogens with zero attached hydrogens (tertiary/aromatic N) is 1. The van der Waals surface area contributed by atoms with E-state index in [0.717, 1.165) is 36.8 Å². The van der Waals surface area contributed by atoms with Gasteiger partial charge in [0.15, 0.2) is 11.5 Å². The van der Waals surface area contributed by atoms with Crippen molar-refractivity contribution in [2.45, 2.75) is 25.9 Å². The molecule has 1 aliphatic heterocycles. The largest absolute Gasteiger partial charge is 0.497 e. The van der Waals surface area contributed by atoms with Gasteiger partial charge in [-0.25, -0.2) is 0 Å². The number of rotatable bonds is 5. The average Bonchev–Trinajstić information content (AvgIpc) is 2.63. The van der Waals surface area contributed by atoms with Crippen LogP contribution in [0.5, 0.6) is 17.2 Å². The lowest BCUT2D eigenvalue weighted by Gasteiger charge is -2.35. The zero-order chi connectivity index (χ0) is 17.1. The number of methoxy groups -OCH3 is 3. The molecule has 0 bridgehead atoms. The van der Waals surface area contributed by atoms with E-state index in [1.54, 1.807) is 21.3 Å². The average molecular weight is 327 g/mol. The minimum absolute atomic E-state index is 0.343. The molecular weight excluding hydrogens is 302 g/mol. The molecule has 1 heterocycles. The van der Waals surface area contributed by atoms with E-state index in [-0.39, 0.29) is 0 Å². The fourth-order valence-corrected chi connectivity index (χ4v) is 3.38. The van der Waals surface area contributed by atoms with E-state index in [1.807, 2.05) is 12.1 Å². The molecule has 0 saturated heterocycles. The van der Waals surface area contributed by atoms with Gasteiger partial charge < -0.3 is 14.2 Å². The van der Waals surface area contributed by atoms with Gasteiger partial charge in [0, 0.05) is 19.1 Å². The molecule has 4 nitrogen and oxygen atoms in total. The van der Waals surface area contributed by atoms with Crippen molar-refractivity contribution in [2.75, 3.05) is 27.9 Å². The van der Waals surface area contributed by atoms with Crippen LogP contribution in [0.15, 0.2) is 36.4 Å². The lowest BCUT2D eigenvalue weighted by atomic mass is 9.92. The summed E-state index contributed by atoms with van der Waals surface area (Å²) in [5.41, 5.74) is 3.98. The summed E-state index contributed by atoms with van der Waals surface area (Å²) in [5, 5.41) is 0. The van der Waals surface area contributed by atoms with Crippen LogP contribution in [-0.4, -0.2) is 32.8 Å². The summed E-state index contributed by atoms with van der Waals surface area (Å²) in [6, 6.07) is 12.9. The van der Waals surface area contributed by atoms with Gasteiger partial charge in [-0.2, -0.15) is 0 Å². The van der Waals surface area contributed by atoms with Crippen molar-refractivity contribution in [3.05, 3.63) is 53.1 Å². The number of fused-ring (bicyclic) bond motifs is 1. The molecule has 3 rings (SSSR count). The van der Waals surface area contributed by atoms with Crippen LogP contribution >= 0.6 is 0 Å². The minimum Gasteiger partial charge on any atom is -0.497 e. The molecular formula is C20H25NO3. The second-order valence-electron chi connectivity index (χ2n) is 6.15. The van der Waals surface area contributed by atoms with Crippen LogP contribution in [0.4, 0.5) is 0 Å². The van der Waals surface area contributed by atoms with Crippen LogP contribution in [0, 0.1) is 0 Å². The molecule has 0 amide bonds. The molecule has 128 valence electrons. The van der Waals surface area contributed by atoms with Gasteiger partial charge in [-0.3, -0.25) is 4.90 Å². The SMILES string of the molecule is COc1ccc(CN2CCc3cc(OC)c(OC)cc3C2C)cc1. The summed E-state index contributed by atoms with van der Waals surface area (Å²) in [7, 11) is 5.07. The quantitative estimate of drug-likeness (QED) is 0.835. The summed E-state index contributed by atoms with van der Waals surface area (Å²) in [5.74, 6) is 2.51. The molecule has 0 N–H and O–H groups in total. The minimum atomic E-state index is 0.343. The Morgan fingerprint density at radius 1 is 0.958 bits per heavy atom. The molecule has 2 aromatic rings. The molecule has 0 saturated carbocycles. The van der Waals surface area contributed by atoms with Crippen molar-refractivity contribution in [1.82, 2.24) is 4.90 Å². The molecule has 1 atom stereocenters. The van der Waals surface area contributed by atoms with Crippen LogP contribution in [0.3, 0.4) is 0 Å². The van der Waals surface area contributed by atoms with Gasteiger partial charge in [0.05, 0.1) is 21.3 Å². The van der Waals surface area contributed by atoms with Gasteiger partial charge in [-0.1, -0.05) is 12.1 Å². The van der Waals surface area contributed by atoms with Crippen molar-refractivity contribution in [2.24, 2.45) is 0 Å². The number of hydrogen-bond donors (Lipinski definition) is 0. The van der Waals surface area contributed by atoms with Crippen LogP contribution < -0.4 is 14.2 Å². The second kappa shape index (κ2) is 7.14. The number of hydrogen-bond acceptors (Lipinski definition) is 4. The Bertz CT molecular complexity index is 697. The first-order chi connectivity index (χ1) is 11.7. The van der Waals surface area contributed by atoms with Gasteiger partial charge in [-0.05, 0) is 54.3 Å². The Balaban J connectivity index is 1.81. The molecule has 4 heteroatoms. The lowest BCUT2D eigenvalue weighted by Crippen LogP contribution is -2.33. The highest BCUT2D eigenvalue weighted by Crippen LogP contribution is 2.38. The molecule has 24 heavy (non-hydrogen) atoms. The van der Waals surface area contributed by atoms with E-state index in [1.165, 1.54) is 16.7 Å².